The Hall–Kier alpha value is 1.03. The molecule has 5 aliphatic rings. The molecule has 8 rings (SSSR count). The Morgan fingerprint density at radius 1 is 0.671 bits per heavy atom. The molecular weight excluding hydrogens is 1490 g/mol. The van der Waals surface area contributed by atoms with Crippen LogP contribution in [0.2, 0.25) is 0 Å². The number of carbonyl (C=O) groups is 5. The number of ether oxygens (including phenoxy) is 2. The Balaban J connectivity index is -0.000000260. The standard InChI is InChI=1S/C14H18N2O2.C13H17N3O2.C10H10Br2O2.C4H10N2.C2H4O2.CH2O3.2CH4.2Cs.V.W.H/c1-18-14(17)11-4-5-12-9-15-6-2-3-7-16(15)10-13(12)8-11;17-13(14-18)10-3-4-11-8-15-5-1-2-6-16(15)9-12(11)7-10;1-14-10(13)7-2-3-8(5-11)9(4-7)6-12;1-2-4-6-5-3-1;1-2(3)4;2-1-4-3;;;;;;;/h4-5,8H,2-3,6-7,9-10H2,1H3;3-4,7,18H,1-2,5-6,8-9H2,(H,14,17);2-4H,5-6H2,1H3;5-6H,1-4H2;1H3,(H,3,4);1,3H;2*1H4;;;;;/q;;;;;;;;2*+1;;;-1/p-1. The molecule has 5 aliphatic heterocycles. The molecule has 0 aromatic heterocycles. The number of rotatable bonds is 6. The number of nitrogens with one attached hydrogen (secondary N) is 3. The van der Waals surface area contributed by atoms with Crippen molar-refractivity contribution in [1.82, 2.24) is 36.4 Å². The van der Waals surface area contributed by atoms with Gasteiger partial charge in [0.05, 0.1) is 25.3 Å². The van der Waals surface area contributed by atoms with E-state index in [9.17, 15) is 14.4 Å². The number of carboxylic acid groups (broad SMARTS) is 1. The summed E-state index contributed by atoms with van der Waals surface area (Å²) in [5, 5.41) is 35.6. The fourth-order valence-electron chi connectivity index (χ4n) is 7.28. The summed E-state index contributed by atoms with van der Waals surface area (Å²) in [5.74, 6) is -1.83. The van der Waals surface area contributed by atoms with Crippen LogP contribution in [0.15, 0.2) is 54.6 Å². The van der Waals surface area contributed by atoms with Crippen LogP contribution in [0, 0.1) is 0 Å². The molecule has 3 fully saturated rings. The molecule has 18 nitrogen and oxygen atoms in total. The van der Waals surface area contributed by atoms with Crippen LogP contribution in [-0.4, -0.2) is 114 Å². The molecule has 1 radical (unpaired) electrons. The maximum Gasteiger partial charge on any atom is 1.00 e. The molecule has 24 heteroatoms. The van der Waals surface area contributed by atoms with Crippen LogP contribution in [-0.2, 0) is 100 Å². The topological polar surface area (TPSA) is 226 Å². The minimum Gasteiger partial charge on any atom is -1.00 e. The second-order valence-corrected chi connectivity index (χ2v) is 16.0. The van der Waals surface area contributed by atoms with E-state index in [1.54, 1.807) is 17.6 Å². The number of hydrogen-bond acceptors (Lipinski definition) is 16. The minimum atomic E-state index is -0.833. The summed E-state index contributed by atoms with van der Waals surface area (Å²) in [5.41, 5.74) is 16.9. The van der Waals surface area contributed by atoms with Gasteiger partial charge in [0.1, 0.15) is 0 Å². The summed E-state index contributed by atoms with van der Waals surface area (Å²) in [7, 11) is 2.81. The molecule has 0 spiro atoms. The summed E-state index contributed by atoms with van der Waals surface area (Å²) in [6.07, 6.45) is 7.70. The number of carboxylic acids is 1. The van der Waals surface area contributed by atoms with Crippen LogP contribution in [0.3, 0.4) is 0 Å². The molecule has 70 heavy (non-hydrogen) atoms. The second kappa shape index (κ2) is 45.1. The molecular formula is C46H69Br2Cs2N7O11VW. The molecule has 1 amide bonds. The predicted octanol–water partition coefficient (Wildman–Crippen LogP) is -0.0177. The predicted molar refractivity (Wildman–Crippen MR) is 257 cm³/mol. The van der Waals surface area contributed by atoms with Crippen LogP contribution < -0.4 is 159 Å². The number of amides is 1. The minimum absolute atomic E-state index is 0. The van der Waals surface area contributed by atoms with Crippen molar-refractivity contribution >= 4 is 62.1 Å². The van der Waals surface area contributed by atoms with E-state index >= 15 is 0 Å². The van der Waals surface area contributed by atoms with E-state index in [0.29, 0.717) is 16.7 Å². The summed E-state index contributed by atoms with van der Waals surface area (Å²) in [6, 6.07) is 17.1. The largest absolute Gasteiger partial charge is 1.00 e. The number of hydrazine groups is 3. The van der Waals surface area contributed by atoms with Gasteiger partial charge in [0.25, 0.3) is 18.3 Å². The van der Waals surface area contributed by atoms with E-state index in [1.807, 2.05) is 36.4 Å². The number of aliphatic carboxylic acids is 1. The number of hydrogen-bond donors (Lipinski definition) is 5. The third kappa shape index (κ3) is 27.9. The van der Waals surface area contributed by atoms with Crippen molar-refractivity contribution in [2.75, 3.05) is 53.5 Å². The quantitative estimate of drug-likeness (QED) is 0.0547. The number of methoxy groups -OCH3 is 2. The first-order valence-corrected chi connectivity index (χ1v) is 23.1. The summed E-state index contributed by atoms with van der Waals surface area (Å²) < 4.78 is 9.41. The van der Waals surface area contributed by atoms with Gasteiger partial charge in [-0.2, -0.15) is 0 Å². The van der Waals surface area contributed by atoms with Crippen molar-refractivity contribution in [3.63, 3.8) is 0 Å². The van der Waals surface area contributed by atoms with Crippen LogP contribution in [0.5, 0.6) is 0 Å². The first-order valence-electron chi connectivity index (χ1n) is 20.9. The number of nitrogens with zero attached hydrogens (tertiary/aromatic N) is 4. The first-order chi connectivity index (χ1) is 30.9. The maximum absolute atomic E-state index is 11.5. The monoisotopic (exact) mass is 1550 g/mol. The Kier molecular flexibility index (Phi) is 49.9. The average molecular weight is 1560 g/mol. The molecule has 5 N–H and O–H groups in total. The zero-order valence-corrected chi connectivity index (χ0v) is 59.5. The van der Waals surface area contributed by atoms with E-state index in [0.717, 1.165) is 88.6 Å². The van der Waals surface area contributed by atoms with Gasteiger partial charge in [0, 0.05) is 128 Å². The van der Waals surface area contributed by atoms with Crippen molar-refractivity contribution in [1.29, 1.82) is 0 Å². The van der Waals surface area contributed by atoms with Gasteiger partial charge in [-0.25, -0.2) is 35.1 Å². The summed E-state index contributed by atoms with van der Waals surface area (Å²) >= 11 is 6.77. The Labute approximate surface area is 576 Å². The number of esters is 2. The maximum atomic E-state index is 11.5. The van der Waals surface area contributed by atoms with E-state index in [1.165, 1.54) is 80.6 Å². The fraction of sp³-hybridized carbons (Fsp3) is 0.500. The van der Waals surface area contributed by atoms with Crippen LogP contribution in [0.4, 0.5) is 0 Å². The third-order valence-corrected chi connectivity index (χ3v) is 11.7. The van der Waals surface area contributed by atoms with Gasteiger partial charge in [-0.1, -0.05) is 64.9 Å². The molecule has 3 aromatic carbocycles. The Bertz CT molecular complexity index is 1890. The number of halogens is 2. The Morgan fingerprint density at radius 2 is 1.01 bits per heavy atom. The normalized spacial score (nSPS) is 15.0. The van der Waals surface area contributed by atoms with Crippen LogP contribution in [0.1, 0.15) is 126 Å². The third-order valence-electron chi connectivity index (χ3n) is 10.5. The first kappa shape index (κ1) is 77.5. The fourth-order valence-corrected chi connectivity index (χ4v) is 8.35. The van der Waals surface area contributed by atoms with Crippen LogP contribution in [0.25, 0.3) is 0 Å². The van der Waals surface area contributed by atoms with Crippen molar-refractivity contribution in [3.05, 3.63) is 105 Å². The Morgan fingerprint density at radius 3 is 1.34 bits per heavy atom. The molecule has 0 bridgehead atoms. The van der Waals surface area contributed by atoms with Gasteiger partial charge in [0.2, 0.25) is 0 Å². The number of alkyl halides is 2. The van der Waals surface area contributed by atoms with Crippen molar-refractivity contribution in [3.8, 4) is 0 Å². The number of hydroxylamine groups is 1. The number of fused-ring (bicyclic) bond motifs is 4. The second-order valence-electron chi connectivity index (χ2n) is 14.9. The summed E-state index contributed by atoms with van der Waals surface area (Å²) in [4.78, 5) is 54.4. The van der Waals surface area contributed by atoms with Crippen molar-refractivity contribution in [2.24, 2.45) is 0 Å². The van der Waals surface area contributed by atoms with E-state index in [2.05, 4.69) is 78.4 Å². The average Bonchev–Trinajstić information content (AvgIpc) is 3.34. The molecule has 0 atom stereocenters. The van der Waals surface area contributed by atoms with Crippen molar-refractivity contribution < 1.29 is 233 Å². The molecule has 0 unspecified atom stereocenters. The van der Waals surface area contributed by atoms with Gasteiger partial charge >= 0.3 is 150 Å². The summed E-state index contributed by atoms with van der Waals surface area (Å²) in [6.45, 7) is 11.4. The zero-order chi connectivity index (χ0) is 46.9. The molecule has 381 valence electrons. The van der Waals surface area contributed by atoms with Gasteiger partial charge in [0.15, 0.2) is 0 Å². The number of carbonyl (C=O) groups excluding carboxylic acids is 4. The zero-order valence-electron chi connectivity index (χ0n) is 40.5. The smallest absolute Gasteiger partial charge is 1.00 e. The molecule has 0 aliphatic carbocycles. The SMILES string of the molecule is C.C.C1CCNNC1.CC(=O)O.COC(=O)c1ccc(CBr)c(CBr)c1.COC(=O)c1ccc2c(c1)CN1CCCCN1C2.O=C(NO)c1ccc2c(c1)CN1CCCCN1C2.O=CO[O-].[Cs+].[Cs+].[H-].[V].[W]. The van der Waals surface area contributed by atoms with Gasteiger partial charge in [-0.3, -0.25) is 30.4 Å². The van der Waals surface area contributed by atoms with Gasteiger partial charge in [-0.05, 0) is 108 Å². The van der Waals surface area contributed by atoms with E-state index < -0.39 is 11.9 Å². The van der Waals surface area contributed by atoms with Gasteiger partial charge in [-0.15, -0.1) is 0 Å². The molecule has 5 heterocycles. The molecule has 3 saturated heterocycles. The van der Waals surface area contributed by atoms with Crippen LogP contribution >= 0.6 is 31.9 Å². The van der Waals surface area contributed by atoms with E-state index in [-0.39, 0.29) is 212 Å². The molecule has 3 aromatic rings. The van der Waals surface area contributed by atoms with Gasteiger partial charge < -0.3 is 26.2 Å². The number of benzene rings is 3. The van der Waals surface area contributed by atoms with E-state index in [4.69, 9.17) is 29.9 Å². The molecule has 0 saturated carbocycles. The van der Waals surface area contributed by atoms with Crippen molar-refractivity contribution in [2.45, 2.75) is 97.1 Å².